The Balaban J connectivity index is 1.88. The Bertz CT molecular complexity index is 553. The molecule has 0 atom stereocenters. The highest BCUT2D eigenvalue weighted by molar-refractivity contribution is 5.92. The Kier molecular flexibility index (Phi) is 7.82. The molecule has 2 amide bonds. The first-order valence-electron chi connectivity index (χ1n) is 9.47. The number of rotatable bonds is 8. The van der Waals surface area contributed by atoms with Crippen LogP contribution in [0.4, 0.5) is 0 Å². The third-order valence-corrected chi connectivity index (χ3v) is 4.65. The van der Waals surface area contributed by atoms with Crippen LogP contribution in [0.1, 0.15) is 74.5 Å². The Morgan fingerprint density at radius 3 is 2.56 bits per heavy atom. The van der Waals surface area contributed by atoms with Gasteiger partial charge in [0.05, 0.1) is 11.9 Å². The molecular weight excluding hydrogens is 316 g/mol. The summed E-state index contributed by atoms with van der Waals surface area (Å²) in [6.45, 7) is 4.99. The summed E-state index contributed by atoms with van der Waals surface area (Å²) in [5.74, 6) is -0.109. The van der Waals surface area contributed by atoms with E-state index >= 15 is 0 Å². The predicted octanol–water partition coefficient (Wildman–Crippen LogP) is 2.87. The van der Waals surface area contributed by atoms with Crippen molar-refractivity contribution in [2.24, 2.45) is 0 Å². The highest BCUT2D eigenvalue weighted by Crippen LogP contribution is 2.17. The van der Waals surface area contributed by atoms with Crippen molar-refractivity contribution in [2.45, 2.75) is 71.3 Å². The fraction of sp³-hybridized carbons (Fsp3) is 0.684. The molecule has 1 aliphatic rings. The van der Waals surface area contributed by atoms with Gasteiger partial charge >= 0.3 is 0 Å². The number of nitrogens with zero attached hydrogens (tertiary/aromatic N) is 3. The van der Waals surface area contributed by atoms with E-state index in [1.54, 1.807) is 11.1 Å². The van der Waals surface area contributed by atoms with Gasteiger partial charge in [-0.25, -0.2) is 4.98 Å². The summed E-state index contributed by atoms with van der Waals surface area (Å²) in [5.41, 5.74) is 1.12. The second-order valence-corrected chi connectivity index (χ2v) is 6.84. The van der Waals surface area contributed by atoms with Crippen LogP contribution in [0.25, 0.3) is 0 Å². The molecule has 1 N–H and O–H groups in total. The van der Waals surface area contributed by atoms with Gasteiger partial charge in [-0.2, -0.15) is 0 Å². The van der Waals surface area contributed by atoms with Crippen molar-refractivity contribution in [3.05, 3.63) is 23.8 Å². The lowest BCUT2D eigenvalue weighted by atomic mass is 9.95. The minimum Gasteiger partial charge on any atom is -0.353 e. The second kappa shape index (κ2) is 10.1. The smallest absolute Gasteiger partial charge is 0.274 e. The Morgan fingerprint density at radius 1 is 1.16 bits per heavy atom. The van der Waals surface area contributed by atoms with Gasteiger partial charge in [-0.3, -0.25) is 14.6 Å². The maximum atomic E-state index is 12.7. The first kappa shape index (κ1) is 19.3. The van der Waals surface area contributed by atoms with Crippen molar-refractivity contribution in [1.82, 2.24) is 20.2 Å². The molecule has 1 aromatic heterocycles. The standard InChI is InChI=1S/C19H30N4O2/c1-3-4-11-23(19(25)17-14-20-15(2)13-21-17)12-10-18(24)22-16-8-6-5-7-9-16/h13-14,16H,3-12H2,1-2H3,(H,22,24). The van der Waals surface area contributed by atoms with Crippen LogP contribution in [0.2, 0.25) is 0 Å². The lowest BCUT2D eigenvalue weighted by Gasteiger charge is -2.25. The Morgan fingerprint density at radius 2 is 1.92 bits per heavy atom. The molecule has 0 unspecified atom stereocenters. The molecule has 25 heavy (non-hydrogen) atoms. The number of aromatic nitrogens is 2. The SMILES string of the molecule is CCCCN(CCC(=O)NC1CCCCC1)C(=O)c1cnc(C)cn1. The van der Waals surface area contributed by atoms with E-state index < -0.39 is 0 Å². The van der Waals surface area contributed by atoms with Crippen molar-refractivity contribution in [3.8, 4) is 0 Å². The summed E-state index contributed by atoms with van der Waals surface area (Å²) >= 11 is 0. The molecule has 1 fully saturated rings. The van der Waals surface area contributed by atoms with Gasteiger partial charge in [0.15, 0.2) is 0 Å². The highest BCUT2D eigenvalue weighted by Gasteiger charge is 2.20. The Hall–Kier alpha value is -1.98. The van der Waals surface area contributed by atoms with Gasteiger partial charge in [0.1, 0.15) is 5.69 Å². The van der Waals surface area contributed by atoms with E-state index in [9.17, 15) is 9.59 Å². The third kappa shape index (κ3) is 6.44. The van der Waals surface area contributed by atoms with Crippen LogP contribution >= 0.6 is 0 Å². The number of carbonyl (C=O) groups is 2. The van der Waals surface area contributed by atoms with E-state index in [1.807, 2.05) is 6.92 Å². The predicted molar refractivity (Wildman–Crippen MR) is 97.2 cm³/mol. The topological polar surface area (TPSA) is 75.2 Å². The number of nitrogens with one attached hydrogen (secondary N) is 1. The number of amides is 2. The normalized spacial score (nSPS) is 15.0. The molecule has 2 rings (SSSR count). The van der Waals surface area contributed by atoms with Crippen LogP contribution in [0.15, 0.2) is 12.4 Å². The molecule has 0 aliphatic heterocycles. The molecule has 0 spiro atoms. The summed E-state index contributed by atoms with van der Waals surface area (Å²) in [4.78, 5) is 34.9. The van der Waals surface area contributed by atoms with Gasteiger partial charge in [-0.1, -0.05) is 32.6 Å². The molecule has 6 heteroatoms. The highest BCUT2D eigenvalue weighted by atomic mass is 16.2. The van der Waals surface area contributed by atoms with E-state index in [1.165, 1.54) is 25.5 Å². The van der Waals surface area contributed by atoms with E-state index in [0.717, 1.165) is 31.4 Å². The molecule has 6 nitrogen and oxygen atoms in total. The van der Waals surface area contributed by atoms with Crippen LogP contribution in [0.5, 0.6) is 0 Å². The van der Waals surface area contributed by atoms with Gasteiger partial charge in [0, 0.05) is 31.7 Å². The molecule has 0 saturated heterocycles. The Labute approximate surface area is 150 Å². The van der Waals surface area contributed by atoms with E-state index in [0.29, 0.717) is 31.2 Å². The second-order valence-electron chi connectivity index (χ2n) is 6.84. The fourth-order valence-electron chi connectivity index (χ4n) is 3.11. The van der Waals surface area contributed by atoms with Crippen molar-refractivity contribution >= 4 is 11.8 Å². The molecule has 0 aromatic carbocycles. The monoisotopic (exact) mass is 346 g/mol. The summed E-state index contributed by atoms with van der Waals surface area (Å²) < 4.78 is 0. The molecular formula is C19H30N4O2. The first-order valence-corrected chi connectivity index (χ1v) is 9.47. The van der Waals surface area contributed by atoms with Crippen molar-refractivity contribution < 1.29 is 9.59 Å². The number of unbranched alkanes of at least 4 members (excludes halogenated alkanes) is 1. The molecule has 1 saturated carbocycles. The maximum absolute atomic E-state index is 12.7. The van der Waals surface area contributed by atoms with Gasteiger partial charge in [-0.15, -0.1) is 0 Å². The summed E-state index contributed by atoms with van der Waals surface area (Å²) in [6.07, 6.45) is 11.2. The largest absolute Gasteiger partial charge is 0.353 e. The van der Waals surface area contributed by atoms with Gasteiger partial charge < -0.3 is 10.2 Å². The van der Waals surface area contributed by atoms with Crippen LogP contribution in [0.3, 0.4) is 0 Å². The molecule has 1 heterocycles. The molecule has 1 aromatic rings. The van der Waals surface area contributed by atoms with Crippen molar-refractivity contribution in [2.75, 3.05) is 13.1 Å². The van der Waals surface area contributed by atoms with Crippen LogP contribution in [-0.2, 0) is 4.79 Å². The van der Waals surface area contributed by atoms with Crippen LogP contribution < -0.4 is 5.32 Å². The van der Waals surface area contributed by atoms with Gasteiger partial charge in [-0.05, 0) is 26.2 Å². The lowest BCUT2D eigenvalue weighted by molar-refractivity contribution is -0.122. The third-order valence-electron chi connectivity index (χ3n) is 4.65. The zero-order valence-electron chi connectivity index (χ0n) is 15.5. The summed E-state index contributed by atoms with van der Waals surface area (Å²) in [5, 5.41) is 3.11. The minimum absolute atomic E-state index is 0.0381. The first-order chi connectivity index (χ1) is 12.1. The van der Waals surface area contributed by atoms with Crippen LogP contribution in [-0.4, -0.2) is 45.8 Å². The number of aryl methyl sites for hydroxylation is 1. The zero-order valence-corrected chi connectivity index (χ0v) is 15.5. The average molecular weight is 346 g/mol. The summed E-state index contributed by atoms with van der Waals surface area (Å²) in [7, 11) is 0. The van der Waals surface area contributed by atoms with E-state index in [4.69, 9.17) is 0 Å². The lowest BCUT2D eigenvalue weighted by Crippen LogP contribution is -2.40. The van der Waals surface area contributed by atoms with Crippen molar-refractivity contribution in [1.29, 1.82) is 0 Å². The number of carbonyl (C=O) groups excluding carboxylic acids is 2. The maximum Gasteiger partial charge on any atom is 0.274 e. The number of hydrogen-bond acceptors (Lipinski definition) is 4. The molecule has 1 aliphatic carbocycles. The molecule has 138 valence electrons. The zero-order chi connectivity index (χ0) is 18.1. The van der Waals surface area contributed by atoms with E-state index in [-0.39, 0.29) is 11.8 Å². The van der Waals surface area contributed by atoms with Crippen molar-refractivity contribution in [3.63, 3.8) is 0 Å². The van der Waals surface area contributed by atoms with Crippen LogP contribution in [0, 0.1) is 6.92 Å². The fourth-order valence-corrected chi connectivity index (χ4v) is 3.11. The quantitative estimate of drug-likeness (QED) is 0.785. The number of hydrogen-bond donors (Lipinski definition) is 1. The molecule has 0 radical (unpaired) electrons. The average Bonchev–Trinajstić information content (AvgIpc) is 2.63. The van der Waals surface area contributed by atoms with Gasteiger partial charge in [0.2, 0.25) is 5.91 Å². The summed E-state index contributed by atoms with van der Waals surface area (Å²) in [6, 6.07) is 0.309. The minimum atomic E-state index is -0.147. The molecule has 0 bridgehead atoms. The van der Waals surface area contributed by atoms with Gasteiger partial charge in [0.25, 0.3) is 5.91 Å². The van der Waals surface area contributed by atoms with E-state index in [2.05, 4.69) is 22.2 Å².